The number of ether oxygens (including phenoxy) is 1. The quantitative estimate of drug-likeness (QED) is 0.720. The second-order valence-corrected chi connectivity index (χ2v) is 4.38. The fourth-order valence-corrected chi connectivity index (χ4v) is 1.78. The molecule has 0 radical (unpaired) electrons. The number of benzene rings is 1. The number of nitrogens with zero attached hydrogens (tertiary/aromatic N) is 2. The lowest BCUT2D eigenvalue weighted by Gasteiger charge is -2.07. The molecule has 0 fully saturated rings. The Morgan fingerprint density at radius 1 is 1.05 bits per heavy atom. The van der Waals surface area contributed by atoms with E-state index in [9.17, 15) is 0 Å². The van der Waals surface area contributed by atoms with Crippen LogP contribution in [0.1, 0.15) is 12.0 Å². The molecule has 1 aromatic carbocycles. The van der Waals surface area contributed by atoms with Gasteiger partial charge in [-0.1, -0.05) is 12.1 Å². The van der Waals surface area contributed by atoms with Crippen LogP contribution in [0.25, 0.3) is 0 Å². The van der Waals surface area contributed by atoms with Crippen molar-refractivity contribution >= 4 is 5.95 Å². The molecular weight excluding hydrogens is 252 g/mol. The Bertz CT molecular complexity index is 487. The van der Waals surface area contributed by atoms with E-state index in [1.165, 1.54) is 5.56 Å². The van der Waals surface area contributed by atoms with E-state index < -0.39 is 0 Å². The van der Waals surface area contributed by atoms with E-state index in [4.69, 9.17) is 4.74 Å². The Hall–Kier alpha value is -2.14. The highest BCUT2D eigenvalue weighted by atomic mass is 16.5. The van der Waals surface area contributed by atoms with Gasteiger partial charge in [0.2, 0.25) is 5.95 Å². The summed E-state index contributed by atoms with van der Waals surface area (Å²) in [4.78, 5) is 8.21. The molecule has 1 aromatic heterocycles. The molecule has 0 aliphatic heterocycles. The average molecular weight is 272 g/mol. The maximum atomic E-state index is 5.13. The molecule has 106 valence electrons. The van der Waals surface area contributed by atoms with E-state index in [-0.39, 0.29) is 0 Å². The van der Waals surface area contributed by atoms with E-state index in [0.29, 0.717) is 5.95 Å². The smallest absolute Gasteiger partial charge is 0.222 e. The molecule has 0 saturated heterocycles. The van der Waals surface area contributed by atoms with Crippen LogP contribution < -0.4 is 15.4 Å². The highest BCUT2D eigenvalue weighted by molar-refractivity contribution is 5.27. The highest BCUT2D eigenvalue weighted by Gasteiger charge is 1.95. The summed E-state index contributed by atoms with van der Waals surface area (Å²) < 4.78 is 5.13. The van der Waals surface area contributed by atoms with Crippen molar-refractivity contribution < 1.29 is 4.74 Å². The standard InChI is InChI=1S/C15H20N4O/c1-20-14-6-4-13(5-7-14)12-16-8-2-9-17-15-18-10-3-11-19-15/h3-7,10-11,16H,2,8-9,12H2,1H3,(H,17,18,19). The van der Waals surface area contributed by atoms with Crippen LogP contribution in [0.4, 0.5) is 5.95 Å². The van der Waals surface area contributed by atoms with E-state index in [1.807, 2.05) is 18.2 Å². The summed E-state index contributed by atoms with van der Waals surface area (Å²) >= 11 is 0. The monoisotopic (exact) mass is 272 g/mol. The molecule has 0 amide bonds. The summed E-state index contributed by atoms with van der Waals surface area (Å²) in [6.45, 7) is 2.68. The molecule has 0 spiro atoms. The molecule has 20 heavy (non-hydrogen) atoms. The van der Waals surface area contributed by atoms with Gasteiger partial charge in [-0.2, -0.15) is 0 Å². The number of anilines is 1. The van der Waals surface area contributed by atoms with Gasteiger partial charge in [-0.05, 0) is 36.7 Å². The zero-order valence-corrected chi connectivity index (χ0v) is 11.7. The SMILES string of the molecule is COc1ccc(CNCCCNc2ncccn2)cc1. The number of rotatable bonds is 8. The van der Waals surface area contributed by atoms with Crippen LogP contribution in [0, 0.1) is 0 Å². The number of hydrogen-bond acceptors (Lipinski definition) is 5. The van der Waals surface area contributed by atoms with Crippen molar-refractivity contribution in [2.24, 2.45) is 0 Å². The first-order valence-electron chi connectivity index (χ1n) is 6.73. The second-order valence-electron chi connectivity index (χ2n) is 4.38. The topological polar surface area (TPSA) is 59.1 Å². The van der Waals surface area contributed by atoms with Crippen LogP contribution in [0.15, 0.2) is 42.7 Å². The van der Waals surface area contributed by atoms with E-state index in [0.717, 1.165) is 31.8 Å². The largest absolute Gasteiger partial charge is 0.497 e. The maximum Gasteiger partial charge on any atom is 0.222 e. The van der Waals surface area contributed by atoms with Gasteiger partial charge >= 0.3 is 0 Å². The Balaban J connectivity index is 1.57. The minimum atomic E-state index is 0.683. The second kappa shape index (κ2) is 8.12. The Morgan fingerprint density at radius 2 is 1.80 bits per heavy atom. The summed E-state index contributed by atoms with van der Waals surface area (Å²) in [7, 11) is 1.68. The molecule has 0 saturated carbocycles. The molecule has 2 rings (SSSR count). The summed E-state index contributed by atoms with van der Waals surface area (Å²) in [5, 5.41) is 6.58. The van der Waals surface area contributed by atoms with E-state index >= 15 is 0 Å². The predicted octanol–water partition coefficient (Wildman–Crippen LogP) is 2.08. The normalized spacial score (nSPS) is 10.2. The van der Waals surface area contributed by atoms with E-state index in [2.05, 4.69) is 32.7 Å². The lowest BCUT2D eigenvalue weighted by molar-refractivity contribution is 0.414. The maximum absolute atomic E-state index is 5.13. The minimum Gasteiger partial charge on any atom is -0.497 e. The van der Waals surface area contributed by atoms with Gasteiger partial charge in [0.15, 0.2) is 0 Å². The fraction of sp³-hybridized carbons (Fsp3) is 0.333. The molecule has 0 aliphatic rings. The van der Waals surface area contributed by atoms with Crippen molar-refractivity contribution in [1.29, 1.82) is 0 Å². The van der Waals surface area contributed by atoms with Crippen LogP contribution >= 0.6 is 0 Å². The van der Waals surface area contributed by atoms with Crippen LogP contribution in [0.3, 0.4) is 0 Å². The molecule has 2 aromatic rings. The number of methoxy groups -OCH3 is 1. The fourth-order valence-electron chi connectivity index (χ4n) is 1.78. The van der Waals surface area contributed by atoms with Crippen molar-refractivity contribution in [1.82, 2.24) is 15.3 Å². The van der Waals surface area contributed by atoms with Crippen molar-refractivity contribution in [3.05, 3.63) is 48.3 Å². The van der Waals surface area contributed by atoms with Gasteiger partial charge in [-0.25, -0.2) is 9.97 Å². The van der Waals surface area contributed by atoms with Crippen LogP contribution in [-0.4, -0.2) is 30.2 Å². The van der Waals surface area contributed by atoms with Crippen LogP contribution in [-0.2, 0) is 6.54 Å². The summed E-state index contributed by atoms with van der Waals surface area (Å²) in [5.74, 6) is 1.57. The first-order chi connectivity index (χ1) is 9.88. The molecule has 5 heteroatoms. The van der Waals surface area contributed by atoms with Crippen molar-refractivity contribution in [3.63, 3.8) is 0 Å². The zero-order chi connectivity index (χ0) is 14.0. The van der Waals surface area contributed by atoms with Crippen LogP contribution in [0.2, 0.25) is 0 Å². The lowest BCUT2D eigenvalue weighted by atomic mass is 10.2. The molecule has 5 nitrogen and oxygen atoms in total. The third-order valence-electron chi connectivity index (χ3n) is 2.87. The number of aromatic nitrogens is 2. The third kappa shape index (κ3) is 4.85. The van der Waals surface area contributed by atoms with Crippen molar-refractivity contribution in [3.8, 4) is 5.75 Å². The molecular formula is C15H20N4O. The Morgan fingerprint density at radius 3 is 2.50 bits per heavy atom. The molecule has 0 unspecified atom stereocenters. The number of hydrogen-bond donors (Lipinski definition) is 2. The van der Waals surface area contributed by atoms with Gasteiger partial charge < -0.3 is 15.4 Å². The zero-order valence-electron chi connectivity index (χ0n) is 11.7. The minimum absolute atomic E-state index is 0.683. The molecule has 2 N–H and O–H groups in total. The van der Waals surface area contributed by atoms with Gasteiger partial charge in [0.05, 0.1) is 7.11 Å². The van der Waals surface area contributed by atoms with E-state index in [1.54, 1.807) is 19.5 Å². The van der Waals surface area contributed by atoms with Gasteiger partial charge in [-0.3, -0.25) is 0 Å². The number of nitrogens with one attached hydrogen (secondary N) is 2. The average Bonchev–Trinajstić information content (AvgIpc) is 2.52. The summed E-state index contributed by atoms with van der Waals surface area (Å²) in [6, 6.07) is 9.90. The van der Waals surface area contributed by atoms with Gasteiger partial charge in [-0.15, -0.1) is 0 Å². The Kier molecular flexibility index (Phi) is 5.79. The van der Waals surface area contributed by atoms with Crippen molar-refractivity contribution in [2.45, 2.75) is 13.0 Å². The third-order valence-corrected chi connectivity index (χ3v) is 2.87. The van der Waals surface area contributed by atoms with Crippen molar-refractivity contribution in [2.75, 3.05) is 25.5 Å². The lowest BCUT2D eigenvalue weighted by Crippen LogP contribution is -2.18. The predicted molar refractivity (Wildman–Crippen MR) is 79.8 cm³/mol. The Labute approximate surface area is 119 Å². The molecule has 0 bridgehead atoms. The van der Waals surface area contributed by atoms with Gasteiger partial charge in [0, 0.05) is 25.5 Å². The molecule has 0 aliphatic carbocycles. The van der Waals surface area contributed by atoms with Crippen LogP contribution in [0.5, 0.6) is 5.75 Å². The first kappa shape index (κ1) is 14.3. The summed E-state index contributed by atoms with van der Waals surface area (Å²) in [5.41, 5.74) is 1.25. The van der Waals surface area contributed by atoms with Gasteiger partial charge in [0.1, 0.15) is 5.75 Å². The highest BCUT2D eigenvalue weighted by Crippen LogP contribution is 2.10. The first-order valence-corrected chi connectivity index (χ1v) is 6.73. The molecule has 0 atom stereocenters. The molecule has 1 heterocycles. The van der Waals surface area contributed by atoms with Gasteiger partial charge in [0.25, 0.3) is 0 Å². The summed E-state index contributed by atoms with van der Waals surface area (Å²) in [6.07, 6.45) is 4.49.